The molecule has 0 radical (unpaired) electrons. The number of benzene rings is 2. The minimum absolute atomic E-state index is 0. The summed E-state index contributed by atoms with van der Waals surface area (Å²) in [7, 11) is -7.83. The standard InChI is InChI=1S/C31H33N7O17S4.4K/c1-32-16-51-29-21(31(42)38(35-29)23-15-19(57-55-53-44)8-12-25(23)59(48,49)50)10-6-17(36-13-3-4-26(36)39)5-9-20-27(28(40)33-2)34-37(30(20)41)22-14-18(56-54-52-43)7-11-24(22)58(45,46)47;;;;/h5-9,11-12,14-16,20-21,30,41,43-44H,3-4,10,13H2,1-2H3,(H,33,40)(H,45,46,47)(H,48,49,50);;;;/q;4*+1/p-4. The number of anilines is 2. The number of ether oxygens (including phenoxy) is 1. The summed E-state index contributed by atoms with van der Waals surface area (Å²) in [6, 6.07) is 6.01. The second-order valence-corrected chi connectivity index (χ2v) is 16.2. The smallest absolute Gasteiger partial charge is 0.744 e. The van der Waals surface area contributed by atoms with E-state index in [1.165, 1.54) is 37.2 Å². The molecule has 2 N–H and O–H groups in total. The van der Waals surface area contributed by atoms with Crippen molar-refractivity contribution in [3.05, 3.63) is 60.3 Å². The Kier molecular flexibility index (Phi) is 29.0. The van der Waals surface area contributed by atoms with Gasteiger partial charge in [0.2, 0.25) is 11.8 Å². The van der Waals surface area contributed by atoms with Gasteiger partial charge in [-0.25, -0.2) is 21.8 Å². The van der Waals surface area contributed by atoms with E-state index >= 15 is 0 Å². The minimum Gasteiger partial charge on any atom is -0.744 e. The van der Waals surface area contributed by atoms with E-state index < -0.39 is 71.3 Å². The Balaban J connectivity index is 0.00000496. The first-order valence-corrected chi connectivity index (χ1v) is 20.8. The fourth-order valence-electron chi connectivity index (χ4n) is 5.91. The van der Waals surface area contributed by atoms with E-state index in [0.717, 1.165) is 42.8 Å². The molecule has 3 aliphatic heterocycles. The van der Waals surface area contributed by atoms with Gasteiger partial charge in [0.1, 0.15) is 31.9 Å². The number of aliphatic hydroxyl groups excluding tert-OH is 1. The topological polar surface area (TPSA) is 337 Å². The second kappa shape index (κ2) is 29.2. The molecule has 3 heterocycles. The third-order valence-electron chi connectivity index (χ3n) is 8.46. The number of carbonyl (C=O) groups is 3. The predicted octanol–water partition coefficient (Wildman–Crippen LogP) is -13.1. The first kappa shape index (κ1) is 62.7. The van der Waals surface area contributed by atoms with Crippen LogP contribution in [-0.4, -0.2) is 98.5 Å². The Morgan fingerprint density at radius 3 is 2.03 bits per heavy atom. The Morgan fingerprint density at radius 1 is 0.952 bits per heavy atom. The van der Waals surface area contributed by atoms with E-state index in [1.54, 1.807) is 0 Å². The van der Waals surface area contributed by atoms with Crippen LogP contribution in [0.25, 0.3) is 0 Å². The number of rotatable bonds is 17. The number of allylic oxidation sites excluding steroid dienone is 2. The molecule has 2 aromatic carbocycles. The van der Waals surface area contributed by atoms with E-state index in [2.05, 4.69) is 39.3 Å². The van der Waals surface area contributed by atoms with Crippen molar-refractivity contribution in [2.24, 2.45) is 27.0 Å². The summed E-state index contributed by atoms with van der Waals surface area (Å²) in [5.41, 5.74) is -1.25. The molecule has 3 unspecified atom stereocenters. The number of hydrogen-bond donors (Lipinski definition) is 2. The van der Waals surface area contributed by atoms with Crippen molar-refractivity contribution < 1.29 is 285 Å². The largest absolute Gasteiger partial charge is 1.00 e. The van der Waals surface area contributed by atoms with Crippen LogP contribution in [0.5, 0.6) is 0 Å². The molecule has 24 nitrogen and oxygen atoms in total. The van der Waals surface area contributed by atoms with Gasteiger partial charge in [0.05, 0.1) is 51.2 Å². The number of nitrogens with zero attached hydrogens (tertiary/aromatic N) is 6. The maximum absolute atomic E-state index is 13.9. The number of aliphatic imine (C=N–C) groups is 1. The number of hydrogen-bond acceptors (Lipinski definition) is 23. The van der Waals surface area contributed by atoms with Crippen LogP contribution in [0.4, 0.5) is 11.4 Å². The van der Waals surface area contributed by atoms with E-state index in [0.29, 0.717) is 40.5 Å². The quantitative estimate of drug-likeness (QED) is 0.0217. The molecule has 3 amide bonds. The number of nitrogens with one attached hydrogen (secondary N) is 1. The molecule has 3 atom stereocenters. The summed E-state index contributed by atoms with van der Waals surface area (Å²) in [5.74, 6) is -5.09. The second-order valence-electron chi connectivity index (χ2n) is 11.9. The fourth-order valence-corrected chi connectivity index (χ4v) is 7.97. The molecule has 2 aromatic rings. The number of carbonyl (C=O) groups excluding carboxylic acids is 3. The van der Waals surface area contributed by atoms with Gasteiger partial charge in [0.25, 0.3) is 11.8 Å². The maximum atomic E-state index is 13.9. The fraction of sp³-hybridized carbons (Fsp3) is 0.290. The number of hydrazone groups is 2. The summed E-state index contributed by atoms with van der Waals surface area (Å²) in [5, 5.41) is 50.8. The van der Waals surface area contributed by atoms with Gasteiger partial charge in [-0.05, 0) is 55.3 Å². The Hall–Kier alpha value is 1.73. The van der Waals surface area contributed by atoms with E-state index in [-0.39, 0.29) is 258 Å². The molecule has 0 spiro atoms. The van der Waals surface area contributed by atoms with Crippen molar-refractivity contribution in [3.63, 3.8) is 0 Å². The van der Waals surface area contributed by atoms with E-state index in [1.807, 2.05) is 0 Å². The number of likely N-dealkylation sites (tertiary alicyclic amines) is 1. The summed E-state index contributed by atoms with van der Waals surface area (Å²) in [6.07, 6.45) is 3.37. The first-order valence-electron chi connectivity index (χ1n) is 16.5. The SMILES string of the molecule is CN=COC1=NN(c2cc(SOO[O-])ccc2S(=O)(=O)[O-])C(=O)C1CC=C(C=CC1C(C(=O)NC)=NN(c2cc(SOO[O-])ccc2S(=O)(=O)[O-])C1O)N1CCCC1=O.[K+].[K+].[K+].[K+]. The normalized spacial score (nSPS) is 19.1. The molecule has 63 heavy (non-hydrogen) atoms. The third kappa shape index (κ3) is 16.4. The monoisotopic (exact) mass is 1050 g/mol. The summed E-state index contributed by atoms with van der Waals surface area (Å²) < 4.78 is 87.2. The average molecular weight is 1060 g/mol. The van der Waals surface area contributed by atoms with Crippen molar-refractivity contribution >= 4 is 91.4 Å². The van der Waals surface area contributed by atoms with Crippen LogP contribution in [0.15, 0.2) is 95.1 Å². The van der Waals surface area contributed by atoms with Crippen LogP contribution in [0.3, 0.4) is 0 Å². The van der Waals surface area contributed by atoms with Gasteiger partial charge in [-0.2, -0.15) is 18.8 Å². The van der Waals surface area contributed by atoms with Crippen molar-refractivity contribution in [2.45, 2.75) is 45.1 Å². The van der Waals surface area contributed by atoms with Crippen molar-refractivity contribution in [2.75, 3.05) is 30.7 Å². The average Bonchev–Trinajstić information content (AvgIpc) is 3.87. The Bertz CT molecular complexity index is 2360. The van der Waals surface area contributed by atoms with Gasteiger partial charge < -0.3 is 39.7 Å². The van der Waals surface area contributed by atoms with Gasteiger partial charge in [0.15, 0.2) is 12.6 Å². The van der Waals surface area contributed by atoms with Crippen molar-refractivity contribution in [1.29, 1.82) is 0 Å². The zero-order chi connectivity index (χ0) is 43.1. The molecule has 5 rings (SSSR count). The predicted molar refractivity (Wildman–Crippen MR) is 195 cm³/mol. The minimum atomic E-state index is -5.22. The molecule has 1 saturated heterocycles. The van der Waals surface area contributed by atoms with Crippen LogP contribution < -0.4 is 231 Å². The first-order chi connectivity index (χ1) is 28.0. The van der Waals surface area contributed by atoms with Crippen LogP contribution in [-0.2, 0) is 58.1 Å². The van der Waals surface area contributed by atoms with Crippen LogP contribution in [0, 0.1) is 11.8 Å². The molecule has 1 fully saturated rings. The molecule has 0 aliphatic carbocycles. The molecule has 0 saturated carbocycles. The van der Waals surface area contributed by atoms with Crippen LogP contribution in [0.2, 0.25) is 0 Å². The molecule has 3 aliphatic rings. The maximum Gasteiger partial charge on any atom is 1.00 e. The van der Waals surface area contributed by atoms with Crippen LogP contribution >= 0.6 is 24.1 Å². The van der Waals surface area contributed by atoms with Crippen molar-refractivity contribution in [1.82, 2.24) is 10.2 Å². The molecular weight excluding hydrogens is 1030 g/mol. The summed E-state index contributed by atoms with van der Waals surface area (Å²) in [6.45, 7) is 0.198. The molecule has 0 aromatic heterocycles. The summed E-state index contributed by atoms with van der Waals surface area (Å²) >= 11 is 0.679. The van der Waals surface area contributed by atoms with Gasteiger partial charge >= 0.3 is 206 Å². The van der Waals surface area contributed by atoms with Crippen LogP contribution in [0.1, 0.15) is 19.3 Å². The third-order valence-corrected chi connectivity index (χ3v) is 11.4. The van der Waals surface area contributed by atoms with Gasteiger partial charge in [-0.1, -0.05) is 12.2 Å². The van der Waals surface area contributed by atoms with Gasteiger partial charge in [-0.3, -0.25) is 29.5 Å². The molecule has 318 valence electrons. The van der Waals surface area contributed by atoms with Gasteiger partial charge in [-0.15, -0.1) is 5.10 Å². The number of amides is 3. The molecule has 0 bridgehead atoms. The Morgan fingerprint density at radius 2 is 1.52 bits per heavy atom. The molecular formula is C31H29K4N7O17S4. The number of aliphatic hydroxyl groups is 1. The van der Waals surface area contributed by atoms with E-state index in [9.17, 15) is 55.9 Å². The molecule has 32 heteroatoms. The zero-order valence-electron chi connectivity index (χ0n) is 34.1. The van der Waals surface area contributed by atoms with Gasteiger partial charge in [0, 0.05) is 42.5 Å². The van der Waals surface area contributed by atoms with Crippen molar-refractivity contribution in [3.8, 4) is 0 Å². The Labute approximate surface area is 538 Å². The van der Waals surface area contributed by atoms with E-state index in [4.69, 9.17) is 4.74 Å². The zero-order valence-corrected chi connectivity index (χ0v) is 49.9. The summed E-state index contributed by atoms with van der Waals surface area (Å²) in [4.78, 5) is 43.4.